The molecule has 1 saturated heterocycles. The molecule has 3 aromatic heterocycles. The first-order chi connectivity index (χ1) is 13.3. The highest BCUT2D eigenvalue weighted by molar-refractivity contribution is 7.15. The molecule has 1 aliphatic carbocycles. The van der Waals surface area contributed by atoms with Gasteiger partial charge in [0, 0.05) is 30.6 Å². The second-order valence-corrected chi connectivity index (χ2v) is 8.26. The van der Waals surface area contributed by atoms with Gasteiger partial charge in [-0.05, 0) is 44.1 Å². The molecule has 27 heavy (non-hydrogen) atoms. The monoisotopic (exact) mass is 383 g/mol. The Morgan fingerprint density at radius 3 is 2.85 bits per heavy atom. The standard InChI is InChI=1S/C18H21N7OS/c26-17-5-4-16(25-12-19-11-20-25)22-24(17)10-13-6-8-23(9-7-13)18-21-14-2-1-3-15(14)27-18/h4-5,11-13H,1-3,6-10H2. The van der Waals surface area contributed by atoms with Crippen LogP contribution in [0.2, 0.25) is 0 Å². The minimum absolute atomic E-state index is 0.0716. The van der Waals surface area contributed by atoms with Gasteiger partial charge in [-0.1, -0.05) is 0 Å². The Morgan fingerprint density at radius 1 is 1.19 bits per heavy atom. The van der Waals surface area contributed by atoms with Gasteiger partial charge in [-0.2, -0.15) is 5.10 Å². The predicted molar refractivity (Wildman–Crippen MR) is 102 cm³/mol. The van der Waals surface area contributed by atoms with E-state index in [0.717, 1.165) is 32.4 Å². The van der Waals surface area contributed by atoms with Gasteiger partial charge in [0.1, 0.15) is 12.7 Å². The van der Waals surface area contributed by atoms with Crippen LogP contribution in [-0.4, -0.2) is 42.6 Å². The molecule has 4 heterocycles. The van der Waals surface area contributed by atoms with Crippen LogP contribution in [0.1, 0.15) is 29.8 Å². The van der Waals surface area contributed by atoms with Crippen molar-refractivity contribution < 1.29 is 0 Å². The zero-order valence-corrected chi connectivity index (χ0v) is 15.8. The van der Waals surface area contributed by atoms with Crippen LogP contribution in [0.25, 0.3) is 5.82 Å². The van der Waals surface area contributed by atoms with E-state index < -0.39 is 0 Å². The molecule has 9 heteroatoms. The number of hydrogen-bond donors (Lipinski definition) is 0. The molecule has 0 N–H and O–H groups in total. The zero-order valence-electron chi connectivity index (χ0n) is 15.0. The molecule has 0 atom stereocenters. The van der Waals surface area contributed by atoms with Crippen molar-refractivity contribution in [3.05, 3.63) is 45.7 Å². The summed E-state index contributed by atoms with van der Waals surface area (Å²) >= 11 is 1.87. The topological polar surface area (TPSA) is 81.7 Å². The van der Waals surface area contributed by atoms with Gasteiger partial charge in [0.05, 0.1) is 5.69 Å². The first kappa shape index (κ1) is 16.6. The van der Waals surface area contributed by atoms with E-state index >= 15 is 0 Å². The van der Waals surface area contributed by atoms with Crippen molar-refractivity contribution in [1.82, 2.24) is 29.5 Å². The van der Waals surface area contributed by atoms with Crippen molar-refractivity contribution in [2.75, 3.05) is 18.0 Å². The molecule has 140 valence electrons. The normalized spacial score (nSPS) is 17.4. The number of anilines is 1. The van der Waals surface area contributed by atoms with Crippen molar-refractivity contribution in [2.24, 2.45) is 5.92 Å². The summed E-state index contributed by atoms with van der Waals surface area (Å²) < 4.78 is 3.13. The van der Waals surface area contributed by atoms with Gasteiger partial charge < -0.3 is 4.90 Å². The van der Waals surface area contributed by atoms with Gasteiger partial charge in [-0.3, -0.25) is 4.79 Å². The third-order valence-corrected chi connectivity index (χ3v) is 6.62. The summed E-state index contributed by atoms with van der Waals surface area (Å²) in [5, 5.41) is 9.73. The second kappa shape index (κ2) is 6.88. The van der Waals surface area contributed by atoms with Gasteiger partial charge in [0.15, 0.2) is 10.9 Å². The Morgan fingerprint density at radius 2 is 2.07 bits per heavy atom. The lowest BCUT2D eigenvalue weighted by Crippen LogP contribution is -2.37. The summed E-state index contributed by atoms with van der Waals surface area (Å²) in [7, 11) is 0. The van der Waals surface area contributed by atoms with E-state index in [2.05, 4.69) is 20.1 Å². The molecule has 0 spiro atoms. The summed E-state index contributed by atoms with van der Waals surface area (Å²) in [5.74, 6) is 1.06. The first-order valence-electron chi connectivity index (χ1n) is 9.43. The van der Waals surface area contributed by atoms with E-state index in [4.69, 9.17) is 4.98 Å². The fraction of sp³-hybridized carbons (Fsp3) is 0.500. The highest BCUT2D eigenvalue weighted by Crippen LogP contribution is 2.34. The Bertz CT molecular complexity index is 964. The van der Waals surface area contributed by atoms with Crippen LogP contribution in [0.3, 0.4) is 0 Å². The van der Waals surface area contributed by atoms with E-state index in [1.807, 2.05) is 11.3 Å². The fourth-order valence-corrected chi connectivity index (χ4v) is 5.08. The SMILES string of the molecule is O=c1ccc(-n2cncn2)nn1CC1CCN(c2nc3c(s2)CCC3)CC1. The molecule has 2 aliphatic rings. The summed E-state index contributed by atoms with van der Waals surface area (Å²) in [6, 6.07) is 3.23. The smallest absolute Gasteiger partial charge is 0.266 e. The van der Waals surface area contributed by atoms with E-state index in [1.165, 1.54) is 34.9 Å². The molecule has 0 aromatic carbocycles. The maximum absolute atomic E-state index is 12.2. The molecular formula is C18H21N7OS. The number of thiazole rings is 1. The van der Waals surface area contributed by atoms with Gasteiger partial charge in [0.2, 0.25) is 0 Å². The van der Waals surface area contributed by atoms with Crippen LogP contribution in [0.5, 0.6) is 0 Å². The number of rotatable bonds is 4. The van der Waals surface area contributed by atoms with E-state index in [-0.39, 0.29) is 5.56 Å². The minimum Gasteiger partial charge on any atom is -0.348 e. The molecule has 1 aliphatic heterocycles. The average molecular weight is 383 g/mol. The maximum Gasteiger partial charge on any atom is 0.266 e. The zero-order chi connectivity index (χ0) is 18.2. The molecule has 3 aromatic rings. The van der Waals surface area contributed by atoms with Crippen LogP contribution < -0.4 is 10.5 Å². The van der Waals surface area contributed by atoms with Gasteiger partial charge in [-0.25, -0.2) is 19.3 Å². The van der Waals surface area contributed by atoms with Crippen LogP contribution in [-0.2, 0) is 19.4 Å². The van der Waals surface area contributed by atoms with E-state index in [0.29, 0.717) is 18.3 Å². The largest absolute Gasteiger partial charge is 0.348 e. The highest BCUT2D eigenvalue weighted by Gasteiger charge is 2.25. The predicted octanol–water partition coefficient (Wildman–Crippen LogP) is 1.69. The lowest BCUT2D eigenvalue weighted by Gasteiger charge is -2.31. The molecule has 0 amide bonds. The van der Waals surface area contributed by atoms with Crippen LogP contribution in [0, 0.1) is 5.92 Å². The van der Waals surface area contributed by atoms with Gasteiger partial charge >= 0.3 is 0 Å². The number of hydrogen-bond acceptors (Lipinski definition) is 7. The third-order valence-electron chi connectivity index (χ3n) is 5.41. The minimum atomic E-state index is -0.0716. The second-order valence-electron chi connectivity index (χ2n) is 7.20. The number of piperidine rings is 1. The fourth-order valence-electron chi connectivity index (χ4n) is 3.88. The lowest BCUT2D eigenvalue weighted by atomic mass is 9.97. The van der Waals surface area contributed by atoms with Crippen LogP contribution in [0.4, 0.5) is 5.13 Å². The molecule has 1 fully saturated rings. The molecule has 5 rings (SSSR count). The molecular weight excluding hydrogens is 362 g/mol. The summed E-state index contributed by atoms with van der Waals surface area (Å²) in [6.07, 6.45) is 8.73. The molecule has 0 bridgehead atoms. The number of nitrogens with zero attached hydrogens (tertiary/aromatic N) is 7. The van der Waals surface area contributed by atoms with Crippen LogP contribution in [0.15, 0.2) is 29.6 Å². The van der Waals surface area contributed by atoms with Crippen molar-refractivity contribution in [2.45, 2.75) is 38.6 Å². The molecule has 0 saturated carbocycles. The molecule has 0 radical (unpaired) electrons. The van der Waals surface area contributed by atoms with Gasteiger partial charge in [0.25, 0.3) is 5.56 Å². The van der Waals surface area contributed by atoms with Gasteiger partial charge in [-0.15, -0.1) is 16.4 Å². The first-order valence-corrected chi connectivity index (χ1v) is 10.2. The molecule has 8 nitrogen and oxygen atoms in total. The Hall–Kier alpha value is -2.55. The lowest BCUT2D eigenvalue weighted by molar-refractivity contribution is 0.334. The Kier molecular flexibility index (Phi) is 4.23. The highest BCUT2D eigenvalue weighted by atomic mass is 32.1. The number of aromatic nitrogens is 6. The summed E-state index contributed by atoms with van der Waals surface area (Å²) in [5.41, 5.74) is 1.25. The van der Waals surface area contributed by atoms with Crippen molar-refractivity contribution in [1.29, 1.82) is 0 Å². The Labute approximate surface area is 160 Å². The third kappa shape index (κ3) is 3.27. The molecule has 0 unspecified atom stereocenters. The van der Waals surface area contributed by atoms with Crippen LogP contribution >= 0.6 is 11.3 Å². The van der Waals surface area contributed by atoms with Crippen molar-refractivity contribution in [3.8, 4) is 5.82 Å². The quantitative estimate of drug-likeness (QED) is 0.682. The summed E-state index contributed by atoms with van der Waals surface area (Å²) in [6.45, 7) is 2.63. The maximum atomic E-state index is 12.2. The van der Waals surface area contributed by atoms with E-state index in [9.17, 15) is 4.79 Å². The van der Waals surface area contributed by atoms with E-state index in [1.54, 1.807) is 27.8 Å². The number of fused-ring (bicyclic) bond motifs is 1. The Balaban J connectivity index is 1.25. The summed E-state index contributed by atoms with van der Waals surface area (Å²) in [4.78, 5) is 24.9. The van der Waals surface area contributed by atoms with Crippen molar-refractivity contribution >= 4 is 16.5 Å². The average Bonchev–Trinajstić information content (AvgIpc) is 3.41. The van der Waals surface area contributed by atoms with Crippen molar-refractivity contribution in [3.63, 3.8) is 0 Å². The number of aryl methyl sites for hydroxylation is 2.